The van der Waals surface area contributed by atoms with E-state index in [0.717, 1.165) is 30.1 Å². The Balaban J connectivity index is 1.79. The van der Waals surface area contributed by atoms with Crippen LogP contribution in [0.3, 0.4) is 0 Å². The molecule has 2 atom stereocenters. The maximum absolute atomic E-state index is 12.8. The minimum atomic E-state index is -0.446. The summed E-state index contributed by atoms with van der Waals surface area (Å²) in [6.07, 6.45) is 4.88. The van der Waals surface area contributed by atoms with Crippen molar-refractivity contribution in [1.29, 1.82) is 0 Å². The zero-order chi connectivity index (χ0) is 14.1. The van der Waals surface area contributed by atoms with E-state index in [1.807, 2.05) is 24.9 Å². The second kappa shape index (κ2) is 5.16. The van der Waals surface area contributed by atoms with Gasteiger partial charge in [0.15, 0.2) is 5.82 Å². The molecule has 0 aliphatic carbocycles. The second-order valence-electron chi connectivity index (χ2n) is 4.86. The molecule has 0 aromatic carbocycles. The van der Waals surface area contributed by atoms with Gasteiger partial charge in [0.25, 0.3) is 0 Å². The molecule has 1 aliphatic rings. The Morgan fingerprint density at radius 3 is 2.75 bits per heavy atom. The van der Waals surface area contributed by atoms with Crippen molar-refractivity contribution in [3.8, 4) is 0 Å². The molecule has 106 valence electrons. The average molecular weight is 277 g/mol. The van der Waals surface area contributed by atoms with Crippen LogP contribution in [0.1, 0.15) is 23.8 Å². The summed E-state index contributed by atoms with van der Waals surface area (Å²) >= 11 is 0. The molecule has 0 unspecified atom stereocenters. The van der Waals surface area contributed by atoms with Crippen LogP contribution < -0.4 is 5.32 Å². The van der Waals surface area contributed by atoms with Gasteiger partial charge in [-0.05, 0) is 13.3 Å². The lowest BCUT2D eigenvalue weighted by Crippen LogP contribution is -2.24. The Hall–Kier alpha value is -2.02. The molecule has 2 aromatic rings. The van der Waals surface area contributed by atoms with E-state index >= 15 is 0 Å². The molecule has 20 heavy (non-hydrogen) atoms. The summed E-state index contributed by atoms with van der Waals surface area (Å²) in [4.78, 5) is 7.85. The van der Waals surface area contributed by atoms with Gasteiger partial charge >= 0.3 is 0 Å². The lowest BCUT2D eigenvalue weighted by Gasteiger charge is -2.19. The molecule has 0 bridgehead atoms. The highest BCUT2D eigenvalue weighted by Gasteiger charge is 2.32. The first kappa shape index (κ1) is 13.0. The van der Waals surface area contributed by atoms with Crippen molar-refractivity contribution in [2.45, 2.75) is 25.5 Å². The minimum Gasteiger partial charge on any atom is -0.371 e. The van der Waals surface area contributed by atoms with Crippen LogP contribution >= 0.6 is 0 Å². The molecule has 1 aliphatic heterocycles. The first-order valence-corrected chi connectivity index (χ1v) is 6.49. The van der Waals surface area contributed by atoms with Crippen molar-refractivity contribution in [3.05, 3.63) is 35.7 Å². The number of aryl methyl sites for hydroxylation is 1. The third kappa shape index (κ3) is 2.36. The van der Waals surface area contributed by atoms with E-state index in [-0.39, 0.29) is 12.1 Å². The molecule has 2 aromatic heterocycles. The Kier molecular flexibility index (Phi) is 3.35. The molecule has 0 amide bonds. The Morgan fingerprint density at radius 1 is 1.35 bits per heavy atom. The Labute approximate surface area is 116 Å². The van der Waals surface area contributed by atoms with Gasteiger partial charge in [0, 0.05) is 24.9 Å². The summed E-state index contributed by atoms with van der Waals surface area (Å²) in [5, 5.41) is 7.44. The van der Waals surface area contributed by atoms with Crippen LogP contribution in [-0.4, -0.2) is 32.4 Å². The van der Waals surface area contributed by atoms with Crippen LogP contribution in [0.4, 0.5) is 10.3 Å². The monoisotopic (exact) mass is 277 g/mol. The fourth-order valence-corrected chi connectivity index (χ4v) is 2.39. The van der Waals surface area contributed by atoms with Gasteiger partial charge in [0.05, 0.1) is 24.6 Å². The molecule has 3 heterocycles. The third-order valence-electron chi connectivity index (χ3n) is 3.61. The van der Waals surface area contributed by atoms with E-state index in [1.165, 1.54) is 0 Å². The highest BCUT2D eigenvalue weighted by atomic mass is 19.1. The van der Waals surface area contributed by atoms with Crippen molar-refractivity contribution in [2.24, 2.45) is 7.05 Å². The van der Waals surface area contributed by atoms with Crippen LogP contribution in [0.2, 0.25) is 0 Å². The molecule has 0 saturated carbocycles. The first-order chi connectivity index (χ1) is 9.65. The summed E-state index contributed by atoms with van der Waals surface area (Å²) in [6.45, 7) is 2.67. The number of anilines is 1. The Bertz CT molecular complexity index is 597. The lowest BCUT2D eigenvalue weighted by atomic mass is 10.0. The number of hydrogen-bond acceptors (Lipinski definition) is 5. The molecule has 0 radical (unpaired) electrons. The molecule has 6 nitrogen and oxygen atoms in total. The average Bonchev–Trinajstić information content (AvgIpc) is 3.01. The van der Waals surface area contributed by atoms with Gasteiger partial charge in [-0.25, -0.2) is 14.4 Å². The number of ether oxygens (including phenoxy) is 1. The fraction of sp³-hybridized carbons (Fsp3) is 0.462. The first-order valence-electron chi connectivity index (χ1n) is 6.49. The van der Waals surface area contributed by atoms with Gasteiger partial charge in [-0.3, -0.25) is 4.68 Å². The molecule has 0 spiro atoms. The number of nitrogens with zero attached hydrogens (tertiary/aromatic N) is 4. The SMILES string of the molecule is Cc1c([C@H]2OCC[C@@H]2Nc2ncc(F)cn2)cnn1C. The zero-order valence-corrected chi connectivity index (χ0v) is 11.4. The maximum atomic E-state index is 12.8. The van der Waals surface area contributed by atoms with Gasteiger partial charge in [-0.2, -0.15) is 5.10 Å². The van der Waals surface area contributed by atoms with Crippen molar-refractivity contribution < 1.29 is 9.13 Å². The lowest BCUT2D eigenvalue weighted by molar-refractivity contribution is 0.107. The molecule has 1 fully saturated rings. The summed E-state index contributed by atoms with van der Waals surface area (Å²) in [6, 6.07) is 0.0587. The molecule has 3 rings (SSSR count). The van der Waals surface area contributed by atoms with Crippen molar-refractivity contribution in [2.75, 3.05) is 11.9 Å². The van der Waals surface area contributed by atoms with Gasteiger partial charge in [-0.1, -0.05) is 0 Å². The van der Waals surface area contributed by atoms with E-state index in [2.05, 4.69) is 20.4 Å². The summed E-state index contributed by atoms with van der Waals surface area (Å²) in [5.41, 5.74) is 2.13. The van der Waals surface area contributed by atoms with Gasteiger partial charge in [-0.15, -0.1) is 0 Å². The smallest absolute Gasteiger partial charge is 0.223 e. The zero-order valence-electron chi connectivity index (χ0n) is 11.4. The number of aromatic nitrogens is 4. The highest BCUT2D eigenvalue weighted by Crippen LogP contribution is 2.32. The molecular weight excluding hydrogens is 261 g/mol. The summed E-state index contributed by atoms with van der Waals surface area (Å²) in [7, 11) is 1.90. The standard InChI is InChI=1S/C13H16FN5O/c1-8-10(7-17-19(8)2)12-11(3-4-20-12)18-13-15-5-9(14)6-16-13/h5-7,11-12H,3-4H2,1-2H3,(H,15,16,18)/t11-,12+/m0/s1. The van der Waals surface area contributed by atoms with Crippen molar-refractivity contribution in [3.63, 3.8) is 0 Å². The summed E-state index contributed by atoms with van der Waals surface area (Å²) < 4.78 is 20.4. The molecule has 7 heteroatoms. The quantitative estimate of drug-likeness (QED) is 0.923. The Morgan fingerprint density at radius 2 is 2.10 bits per heavy atom. The maximum Gasteiger partial charge on any atom is 0.223 e. The van der Waals surface area contributed by atoms with Gasteiger partial charge < -0.3 is 10.1 Å². The van der Waals surface area contributed by atoms with E-state index < -0.39 is 5.82 Å². The van der Waals surface area contributed by atoms with Crippen LogP contribution in [0, 0.1) is 12.7 Å². The number of rotatable bonds is 3. The van der Waals surface area contributed by atoms with E-state index in [4.69, 9.17) is 4.74 Å². The van der Waals surface area contributed by atoms with E-state index in [1.54, 1.807) is 0 Å². The largest absolute Gasteiger partial charge is 0.371 e. The fourth-order valence-electron chi connectivity index (χ4n) is 2.39. The van der Waals surface area contributed by atoms with Crippen molar-refractivity contribution in [1.82, 2.24) is 19.7 Å². The minimum absolute atomic E-state index is 0.0587. The van der Waals surface area contributed by atoms with Gasteiger partial charge in [0.1, 0.15) is 6.10 Å². The number of hydrogen-bond donors (Lipinski definition) is 1. The second-order valence-corrected chi connectivity index (χ2v) is 4.86. The van der Waals surface area contributed by atoms with Crippen molar-refractivity contribution >= 4 is 5.95 Å². The van der Waals surface area contributed by atoms with Crippen LogP contribution in [-0.2, 0) is 11.8 Å². The molecule has 1 saturated heterocycles. The van der Waals surface area contributed by atoms with E-state index in [9.17, 15) is 4.39 Å². The van der Waals surface area contributed by atoms with Crippen LogP contribution in [0.5, 0.6) is 0 Å². The highest BCUT2D eigenvalue weighted by molar-refractivity contribution is 5.30. The number of halogens is 1. The van der Waals surface area contributed by atoms with E-state index in [0.29, 0.717) is 12.6 Å². The normalized spacial score (nSPS) is 22.1. The predicted octanol–water partition coefficient (Wildman–Crippen LogP) is 1.60. The summed E-state index contributed by atoms with van der Waals surface area (Å²) in [5.74, 6) is -0.0358. The predicted molar refractivity (Wildman–Crippen MR) is 70.7 cm³/mol. The molecule has 1 N–H and O–H groups in total. The third-order valence-corrected chi connectivity index (χ3v) is 3.61. The number of nitrogens with one attached hydrogen (secondary N) is 1. The molecular formula is C13H16FN5O. The van der Waals surface area contributed by atoms with Crippen LogP contribution in [0.15, 0.2) is 18.6 Å². The van der Waals surface area contributed by atoms with Gasteiger partial charge in [0.2, 0.25) is 5.95 Å². The topological polar surface area (TPSA) is 64.9 Å². The van der Waals surface area contributed by atoms with Crippen LogP contribution in [0.25, 0.3) is 0 Å².